The molecule has 1 saturated heterocycles. The Hall–Kier alpha value is -2.78. The molecule has 0 aliphatic carbocycles. The summed E-state index contributed by atoms with van der Waals surface area (Å²) in [7, 11) is -3.47. The third kappa shape index (κ3) is 3.76. The fourth-order valence-electron chi connectivity index (χ4n) is 3.18. The van der Waals surface area contributed by atoms with E-state index in [2.05, 4.69) is 15.3 Å². The van der Waals surface area contributed by atoms with Gasteiger partial charge in [0.2, 0.25) is 10.0 Å². The lowest BCUT2D eigenvalue weighted by Crippen LogP contribution is -2.27. The number of nitrogens with zero attached hydrogens (tertiary/aromatic N) is 4. The van der Waals surface area contributed by atoms with Gasteiger partial charge in [-0.15, -0.1) is 0 Å². The number of aromatic nitrogens is 3. The molecular weight excluding hydrogens is 381 g/mol. The molecular formula is C19H20FN5O2S. The zero-order valence-electron chi connectivity index (χ0n) is 15.1. The summed E-state index contributed by atoms with van der Waals surface area (Å²) in [5.74, 6) is 0.178. The third-order valence-corrected chi connectivity index (χ3v) is 6.59. The Kier molecular flexibility index (Phi) is 5.10. The molecule has 1 aliphatic heterocycles. The summed E-state index contributed by atoms with van der Waals surface area (Å²) in [5, 5.41) is 3.09. The molecule has 0 saturated carbocycles. The lowest BCUT2D eigenvalue weighted by Gasteiger charge is -2.15. The molecule has 9 heteroatoms. The van der Waals surface area contributed by atoms with Crippen molar-refractivity contribution in [1.29, 1.82) is 0 Å². The number of sulfonamides is 1. The molecule has 1 N–H and O–H groups in total. The number of rotatable bonds is 6. The molecule has 0 radical (unpaired) electrons. The van der Waals surface area contributed by atoms with Crippen LogP contribution in [0.1, 0.15) is 18.4 Å². The van der Waals surface area contributed by atoms with Gasteiger partial charge in [-0.25, -0.2) is 22.8 Å². The smallest absolute Gasteiger partial charge is 0.244 e. The van der Waals surface area contributed by atoms with E-state index >= 15 is 0 Å². The molecule has 3 heterocycles. The second-order valence-corrected chi connectivity index (χ2v) is 8.54. The minimum Gasteiger partial charge on any atom is -0.366 e. The summed E-state index contributed by atoms with van der Waals surface area (Å²) in [6, 6.07) is 8.13. The first-order valence-corrected chi connectivity index (χ1v) is 10.4. The third-order valence-electron chi connectivity index (χ3n) is 4.71. The molecule has 2 aromatic heterocycles. The van der Waals surface area contributed by atoms with Crippen LogP contribution < -0.4 is 5.32 Å². The summed E-state index contributed by atoms with van der Waals surface area (Å²) >= 11 is 0. The first kappa shape index (κ1) is 18.6. The summed E-state index contributed by atoms with van der Waals surface area (Å²) in [5.41, 5.74) is 1.17. The minimum atomic E-state index is -3.47. The topological polar surface area (TPSA) is 80.1 Å². The van der Waals surface area contributed by atoms with E-state index in [1.165, 1.54) is 22.9 Å². The second kappa shape index (κ2) is 7.69. The van der Waals surface area contributed by atoms with Crippen LogP contribution in [0, 0.1) is 5.82 Å². The van der Waals surface area contributed by atoms with Crippen molar-refractivity contribution in [2.24, 2.45) is 0 Å². The molecule has 4 rings (SSSR count). The van der Waals surface area contributed by atoms with Gasteiger partial charge in [-0.3, -0.25) is 0 Å². The molecule has 1 fully saturated rings. The van der Waals surface area contributed by atoms with Crippen molar-refractivity contribution in [2.45, 2.75) is 24.3 Å². The van der Waals surface area contributed by atoms with Crippen LogP contribution in [-0.2, 0) is 16.6 Å². The van der Waals surface area contributed by atoms with E-state index in [0.717, 1.165) is 18.4 Å². The molecule has 0 amide bonds. The van der Waals surface area contributed by atoms with E-state index in [-0.39, 0.29) is 10.7 Å². The first-order chi connectivity index (χ1) is 13.5. The van der Waals surface area contributed by atoms with Crippen molar-refractivity contribution in [1.82, 2.24) is 18.8 Å². The summed E-state index contributed by atoms with van der Waals surface area (Å²) in [6.07, 6.45) is 7.95. The van der Waals surface area contributed by atoms with Gasteiger partial charge in [0.15, 0.2) is 0 Å². The van der Waals surface area contributed by atoms with Crippen LogP contribution in [0.15, 0.2) is 60.1 Å². The predicted molar refractivity (Wildman–Crippen MR) is 103 cm³/mol. The van der Waals surface area contributed by atoms with E-state index in [1.807, 2.05) is 6.07 Å². The predicted octanol–water partition coefficient (Wildman–Crippen LogP) is 2.80. The molecule has 1 aliphatic rings. The van der Waals surface area contributed by atoms with Gasteiger partial charge in [-0.1, -0.05) is 6.07 Å². The van der Waals surface area contributed by atoms with Gasteiger partial charge in [0.25, 0.3) is 0 Å². The van der Waals surface area contributed by atoms with Gasteiger partial charge in [0.1, 0.15) is 16.5 Å². The first-order valence-electron chi connectivity index (χ1n) is 9.01. The highest BCUT2D eigenvalue weighted by Gasteiger charge is 2.27. The van der Waals surface area contributed by atoms with E-state index < -0.39 is 10.0 Å². The molecule has 3 aromatic rings. The average molecular weight is 401 g/mol. The van der Waals surface area contributed by atoms with Crippen molar-refractivity contribution in [2.75, 3.05) is 18.4 Å². The highest BCUT2D eigenvalue weighted by atomic mass is 32.2. The molecule has 28 heavy (non-hydrogen) atoms. The number of hydrogen-bond donors (Lipinski definition) is 1. The molecule has 0 atom stereocenters. The van der Waals surface area contributed by atoms with Crippen molar-refractivity contribution in [3.63, 3.8) is 0 Å². The van der Waals surface area contributed by atoms with Crippen molar-refractivity contribution in [3.8, 4) is 5.69 Å². The van der Waals surface area contributed by atoms with Crippen LogP contribution in [0.4, 0.5) is 10.2 Å². The molecule has 0 unspecified atom stereocenters. The van der Waals surface area contributed by atoms with Crippen molar-refractivity contribution >= 4 is 15.8 Å². The molecule has 146 valence electrons. The zero-order valence-corrected chi connectivity index (χ0v) is 15.9. The number of halogens is 1. The van der Waals surface area contributed by atoms with E-state index in [0.29, 0.717) is 31.1 Å². The quantitative estimate of drug-likeness (QED) is 0.687. The van der Waals surface area contributed by atoms with Crippen LogP contribution in [0.5, 0.6) is 0 Å². The Morgan fingerprint density at radius 3 is 2.61 bits per heavy atom. The Balaban J connectivity index is 1.42. The lowest BCUT2D eigenvalue weighted by molar-refractivity contribution is 0.477. The van der Waals surface area contributed by atoms with Crippen LogP contribution in [-0.4, -0.2) is 40.3 Å². The monoisotopic (exact) mass is 401 g/mol. The van der Waals surface area contributed by atoms with Gasteiger partial charge >= 0.3 is 0 Å². The van der Waals surface area contributed by atoms with E-state index in [9.17, 15) is 12.8 Å². The number of pyridine rings is 1. The molecule has 0 bridgehead atoms. The van der Waals surface area contributed by atoms with Crippen LogP contribution >= 0.6 is 0 Å². The average Bonchev–Trinajstić information content (AvgIpc) is 3.41. The summed E-state index contributed by atoms with van der Waals surface area (Å²) in [6.45, 7) is 1.48. The van der Waals surface area contributed by atoms with Gasteiger partial charge in [0.05, 0.1) is 12.0 Å². The second-order valence-electron chi connectivity index (χ2n) is 6.60. The normalized spacial score (nSPS) is 15.0. The SMILES string of the molecule is O=S(=O)(c1ccc(NCc2ccc(-n3ccnc3)c(F)c2)nc1)N1CCCC1. The Bertz CT molecular complexity index is 1050. The maximum atomic E-state index is 14.3. The summed E-state index contributed by atoms with van der Waals surface area (Å²) in [4.78, 5) is 8.30. The molecule has 0 spiro atoms. The summed E-state index contributed by atoms with van der Waals surface area (Å²) < 4.78 is 42.4. The van der Waals surface area contributed by atoms with E-state index in [4.69, 9.17) is 0 Å². The minimum absolute atomic E-state index is 0.190. The highest BCUT2D eigenvalue weighted by molar-refractivity contribution is 7.89. The fraction of sp³-hybridized carbons (Fsp3) is 0.263. The van der Waals surface area contributed by atoms with Crippen molar-refractivity contribution < 1.29 is 12.8 Å². The number of nitrogens with one attached hydrogen (secondary N) is 1. The Labute approximate surface area is 162 Å². The van der Waals surface area contributed by atoms with E-state index in [1.54, 1.807) is 35.2 Å². The maximum absolute atomic E-state index is 14.3. The maximum Gasteiger partial charge on any atom is 0.244 e. The number of hydrogen-bond acceptors (Lipinski definition) is 5. The Morgan fingerprint density at radius 1 is 1.14 bits per heavy atom. The van der Waals surface area contributed by atoms with Gasteiger partial charge in [-0.05, 0) is 42.7 Å². The molecule has 1 aromatic carbocycles. The highest BCUT2D eigenvalue weighted by Crippen LogP contribution is 2.21. The zero-order chi connectivity index (χ0) is 19.6. The van der Waals surface area contributed by atoms with Crippen LogP contribution in [0.3, 0.4) is 0 Å². The van der Waals surface area contributed by atoms with Crippen molar-refractivity contribution in [3.05, 3.63) is 66.6 Å². The van der Waals surface area contributed by atoms with Gasteiger partial charge in [0, 0.05) is 38.2 Å². The number of imidazole rings is 1. The molecule has 7 nitrogen and oxygen atoms in total. The fourth-order valence-corrected chi connectivity index (χ4v) is 4.64. The Morgan fingerprint density at radius 2 is 1.96 bits per heavy atom. The lowest BCUT2D eigenvalue weighted by atomic mass is 10.2. The number of anilines is 1. The van der Waals surface area contributed by atoms with Crippen LogP contribution in [0.25, 0.3) is 5.69 Å². The number of benzene rings is 1. The van der Waals surface area contributed by atoms with Gasteiger partial charge in [-0.2, -0.15) is 4.31 Å². The largest absolute Gasteiger partial charge is 0.366 e. The van der Waals surface area contributed by atoms with Crippen LogP contribution in [0.2, 0.25) is 0 Å². The standard InChI is InChI=1S/C19H20FN5O2S/c20-17-11-15(3-5-18(17)24-10-7-21-14-24)12-22-19-6-4-16(13-23-19)28(26,27)25-8-1-2-9-25/h3-7,10-11,13-14H,1-2,8-9,12H2,(H,22,23). The van der Waals surface area contributed by atoms with Gasteiger partial charge < -0.3 is 9.88 Å².